The van der Waals surface area contributed by atoms with Crippen LogP contribution in [0.1, 0.15) is 13.8 Å². The van der Waals surface area contributed by atoms with E-state index in [1.165, 1.54) is 6.08 Å². The van der Waals surface area contributed by atoms with E-state index in [2.05, 4.69) is 19.2 Å². The third kappa shape index (κ3) is 3.73. The molecule has 0 aliphatic carbocycles. The van der Waals surface area contributed by atoms with Gasteiger partial charge in [-0.3, -0.25) is 0 Å². The minimum Gasteiger partial charge on any atom is -0.497 e. The number of benzene rings is 1. The zero-order chi connectivity index (χ0) is 15.4. The van der Waals surface area contributed by atoms with E-state index in [0.29, 0.717) is 5.92 Å². The fraction of sp³-hybridized carbons (Fsp3) is 0.438. The molecule has 0 bridgehead atoms. The van der Waals surface area contributed by atoms with Crippen LogP contribution in [0.15, 0.2) is 35.2 Å². The number of carbonyl (C=O) groups is 1. The lowest BCUT2D eigenvalue weighted by atomic mass is 9.98. The number of anilines is 1. The Balaban J connectivity index is 2.21. The summed E-state index contributed by atoms with van der Waals surface area (Å²) in [7, 11) is 1.66. The van der Waals surface area contributed by atoms with Gasteiger partial charge in [0.05, 0.1) is 13.2 Å². The standard InChI is InChI=1S/C16H21NO3S/c1-10(2)16(13-7-8-15(18)20-13)17-12-6-5-11(19-3)9-14(12)21-4/h5-10,13,16-17H,1-4H3/t13-,16+/m1/s1. The van der Waals surface area contributed by atoms with Crippen LogP contribution in [0.4, 0.5) is 5.69 Å². The Morgan fingerprint density at radius 1 is 1.38 bits per heavy atom. The van der Waals surface area contributed by atoms with Gasteiger partial charge in [-0.2, -0.15) is 0 Å². The molecule has 0 aromatic heterocycles. The summed E-state index contributed by atoms with van der Waals surface area (Å²) in [6.45, 7) is 4.22. The van der Waals surface area contributed by atoms with Crippen molar-refractivity contribution in [1.29, 1.82) is 0 Å². The second-order valence-electron chi connectivity index (χ2n) is 5.24. The van der Waals surface area contributed by atoms with Gasteiger partial charge in [0.15, 0.2) is 0 Å². The summed E-state index contributed by atoms with van der Waals surface area (Å²) < 4.78 is 10.6. The van der Waals surface area contributed by atoms with Gasteiger partial charge in [-0.25, -0.2) is 4.79 Å². The molecule has 0 saturated carbocycles. The first-order valence-corrected chi connectivity index (χ1v) is 8.15. The van der Waals surface area contributed by atoms with Gasteiger partial charge in [0.25, 0.3) is 0 Å². The maximum atomic E-state index is 11.3. The van der Waals surface area contributed by atoms with Crippen molar-refractivity contribution < 1.29 is 14.3 Å². The van der Waals surface area contributed by atoms with E-state index in [0.717, 1.165) is 16.3 Å². The number of hydrogen-bond donors (Lipinski definition) is 1. The van der Waals surface area contributed by atoms with E-state index in [4.69, 9.17) is 9.47 Å². The fourth-order valence-electron chi connectivity index (χ4n) is 2.30. The smallest absolute Gasteiger partial charge is 0.331 e. The lowest BCUT2D eigenvalue weighted by Crippen LogP contribution is -2.38. The van der Waals surface area contributed by atoms with E-state index >= 15 is 0 Å². The molecule has 0 radical (unpaired) electrons. The van der Waals surface area contributed by atoms with Crippen LogP contribution in [-0.2, 0) is 9.53 Å². The first-order valence-electron chi connectivity index (χ1n) is 6.92. The summed E-state index contributed by atoms with van der Waals surface area (Å²) >= 11 is 1.65. The molecular formula is C16H21NO3S. The van der Waals surface area contributed by atoms with Crippen molar-refractivity contribution in [2.45, 2.75) is 30.9 Å². The Hall–Kier alpha value is -1.62. The Morgan fingerprint density at radius 2 is 2.14 bits per heavy atom. The van der Waals surface area contributed by atoms with E-state index in [1.807, 2.05) is 30.5 Å². The van der Waals surface area contributed by atoms with Crippen LogP contribution in [0.25, 0.3) is 0 Å². The molecule has 0 amide bonds. The lowest BCUT2D eigenvalue weighted by Gasteiger charge is -2.28. The van der Waals surface area contributed by atoms with Gasteiger partial charge in [-0.05, 0) is 36.4 Å². The van der Waals surface area contributed by atoms with E-state index in [9.17, 15) is 4.79 Å². The summed E-state index contributed by atoms with van der Waals surface area (Å²) in [6.07, 6.45) is 5.11. The monoisotopic (exact) mass is 307 g/mol. The van der Waals surface area contributed by atoms with Gasteiger partial charge in [-0.15, -0.1) is 11.8 Å². The average Bonchev–Trinajstić information content (AvgIpc) is 2.90. The van der Waals surface area contributed by atoms with Crippen molar-refractivity contribution in [3.8, 4) is 5.75 Å². The van der Waals surface area contributed by atoms with Crippen LogP contribution in [0.5, 0.6) is 5.75 Å². The van der Waals surface area contributed by atoms with Gasteiger partial charge in [0.2, 0.25) is 0 Å². The summed E-state index contributed by atoms with van der Waals surface area (Å²) in [5, 5.41) is 3.51. The van der Waals surface area contributed by atoms with Crippen LogP contribution in [-0.4, -0.2) is 31.5 Å². The second-order valence-corrected chi connectivity index (χ2v) is 6.09. The minimum absolute atomic E-state index is 0.0343. The Morgan fingerprint density at radius 3 is 2.67 bits per heavy atom. The molecule has 4 nitrogen and oxygen atoms in total. The minimum atomic E-state index is -0.271. The van der Waals surface area contributed by atoms with Crippen LogP contribution in [0.2, 0.25) is 0 Å². The fourth-order valence-corrected chi connectivity index (χ4v) is 2.89. The lowest BCUT2D eigenvalue weighted by molar-refractivity contribution is -0.139. The molecule has 1 N–H and O–H groups in total. The second kappa shape index (κ2) is 6.89. The highest BCUT2D eigenvalue weighted by atomic mass is 32.2. The van der Waals surface area contributed by atoms with Gasteiger partial charge >= 0.3 is 5.97 Å². The zero-order valence-electron chi connectivity index (χ0n) is 12.8. The van der Waals surface area contributed by atoms with Crippen molar-refractivity contribution in [1.82, 2.24) is 0 Å². The number of ether oxygens (including phenoxy) is 2. The van der Waals surface area contributed by atoms with Crippen molar-refractivity contribution in [3.63, 3.8) is 0 Å². The van der Waals surface area contributed by atoms with E-state index < -0.39 is 0 Å². The van der Waals surface area contributed by atoms with Gasteiger partial charge in [0, 0.05) is 16.7 Å². The van der Waals surface area contributed by atoms with Crippen molar-refractivity contribution in [2.75, 3.05) is 18.7 Å². The molecule has 0 spiro atoms. The molecule has 1 aromatic rings. The molecule has 0 saturated heterocycles. The van der Waals surface area contributed by atoms with Crippen molar-refractivity contribution in [2.24, 2.45) is 5.92 Å². The Labute approximate surface area is 129 Å². The molecule has 1 aromatic carbocycles. The molecule has 5 heteroatoms. The highest BCUT2D eigenvalue weighted by Gasteiger charge is 2.29. The first-order chi connectivity index (χ1) is 10.0. The van der Waals surface area contributed by atoms with Gasteiger partial charge in [-0.1, -0.05) is 13.8 Å². The van der Waals surface area contributed by atoms with Crippen molar-refractivity contribution in [3.05, 3.63) is 30.4 Å². The number of rotatable bonds is 6. The average molecular weight is 307 g/mol. The summed E-state index contributed by atoms with van der Waals surface area (Å²) in [4.78, 5) is 12.4. The van der Waals surface area contributed by atoms with E-state index in [-0.39, 0.29) is 18.1 Å². The van der Waals surface area contributed by atoms with Crippen LogP contribution in [0, 0.1) is 5.92 Å². The summed E-state index contributed by atoms with van der Waals surface area (Å²) in [6, 6.07) is 5.96. The zero-order valence-corrected chi connectivity index (χ0v) is 13.6. The SMILES string of the molecule is COc1ccc(N[C@@H](C(C)C)[C@H]2C=CC(=O)O2)c(SC)c1. The van der Waals surface area contributed by atoms with Gasteiger partial charge in [0.1, 0.15) is 11.9 Å². The Bertz CT molecular complexity index is 542. The number of hydrogen-bond acceptors (Lipinski definition) is 5. The molecule has 0 unspecified atom stereocenters. The van der Waals surface area contributed by atoms with Crippen molar-refractivity contribution >= 4 is 23.4 Å². The Kier molecular flexibility index (Phi) is 5.17. The maximum absolute atomic E-state index is 11.3. The number of esters is 1. The molecule has 1 aliphatic rings. The quantitative estimate of drug-likeness (QED) is 0.645. The third-order valence-corrected chi connectivity index (χ3v) is 4.25. The van der Waals surface area contributed by atoms with Crippen LogP contribution < -0.4 is 10.1 Å². The van der Waals surface area contributed by atoms with Gasteiger partial charge < -0.3 is 14.8 Å². The molecule has 2 atom stereocenters. The molecule has 1 heterocycles. The predicted molar refractivity (Wildman–Crippen MR) is 86.0 cm³/mol. The number of nitrogens with one attached hydrogen (secondary N) is 1. The molecule has 2 rings (SSSR count). The highest BCUT2D eigenvalue weighted by molar-refractivity contribution is 7.98. The number of carbonyl (C=O) groups excluding carboxylic acids is 1. The van der Waals surface area contributed by atoms with Crippen LogP contribution in [0.3, 0.4) is 0 Å². The first kappa shape index (κ1) is 15.8. The number of thioether (sulfide) groups is 1. The molecule has 0 fully saturated rings. The number of methoxy groups -OCH3 is 1. The maximum Gasteiger partial charge on any atom is 0.331 e. The number of cyclic esters (lactones) is 1. The van der Waals surface area contributed by atoms with E-state index in [1.54, 1.807) is 18.9 Å². The molecule has 114 valence electrons. The summed E-state index contributed by atoms with van der Waals surface area (Å²) in [5.41, 5.74) is 1.03. The predicted octanol–water partition coefficient (Wildman–Crippen LogP) is 3.34. The third-order valence-electron chi connectivity index (χ3n) is 3.48. The molecular weight excluding hydrogens is 286 g/mol. The summed E-state index contributed by atoms with van der Waals surface area (Å²) in [5.74, 6) is 0.882. The molecule has 1 aliphatic heterocycles. The topological polar surface area (TPSA) is 47.6 Å². The molecule has 21 heavy (non-hydrogen) atoms. The largest absolute Gasteiger partial charge is 0.497 e. The van der Waals surface area contributed by atoms with Crippen LogP contribution >= 0.6 is 11.8 Å². The highest BCUT2D eigenvalue weighted by Crippen LogP contribution is 2.31. The normalized spacial score (nSPS) is 18.7.